The van der Waals surface area contributed by atoms with Crippen LogP contribution in [-0.2, 0) is 9.53 Å². The number of nitrogens with zero attached hydrogens (tertiary/aromatic N) is 6. The van der Waals surface area contributed by atoms with Crippen molar-refractivity contribution in [3.63, 3.8) is 0 Å². The summed E-state index contributed by atoms with van der Waals surface area (Å²) in [5.41, 5.74) is 11.5. The quantitative estimate of drug-likeness (QED) is 0.386. The highest BCUT2D eigenvalue weighted by Gasteiger charge is 2.50. The van der Waals surface area contributed by atoms with Crippen molar-refractivity contribution >= 4 is 40.0 Å². The van der Waals surface area contributed by atoms with E-state index < -0.39 is 0 Å². The topological polar surface area (TPSA) is 109 Å². The van der Waals surface area contributed by atoms with Gasteiger partial charge in [-0.2, -0.15) is 10.2 Å². The van der Waals surface area contributed by atoms with Gasteiger partial charge in [0.1, 0.15) is 0 Å². The summed E-state index contributed by atoms with van der Waals surface area (Å²) in [5.74, 6) is 1.45. The summed E-state index contributed by atoms with van der Waals surface area (Å²) in [6.07, 6.45) is 8.85. The van der Waals surface area contributed by atoms with E-state index in [1.165, 1.54) is 12.5 Å². The Kier molecular flexibility index (Phi) is 7.22. The van der Waals surface area contributed by atoms with Crippen molar-refractivity contribution in [2.24, 2.45) is 0 Å². The number of nitrogens with one attached hydrogen (secondary N) is 1. The van der Waals surface area contributed by atoms with E-state index in [-0.39, 0.29) is 17.5 Å². The molecule has 1 atom stereocenters. The fraction of sp³-hybridized carbons (Fsp3) is 0.594. The summed E-state index contributed by atoms with van der Waals surface area (Å²) in [6, 6.07) is 3.26. The lowest BCUT2D eigenvalue weighted by Crippen LogP contribution is -2.64. The van der Waals surface area contributed by atoms with Crippen molar-refractivity contribution in [1.29, 1.82) is 0 Å². The molecule has 2 aromatic heterocycles. The molecule has 3 aromatic rings. The number of halogens is 1. The molecule has 3 N–H and O–H groups in total. The van der Waals surface area contributed by atoms with Crippen LogP contribution >= 0.6 is 11.6 Å². The Balaban J connectivity index is 1.34. The molecule has 1 aliphatic carbocycles. The number of nitrogen functional groups attached to an aromatic ring is 1. The summed E-state index contributed by atoms with van der Waals surface area (Å²) in [6.45, 7) is 11.9. The minimum Gasteiger partial charge on any atom is -0.382 e. The number of amides is 1. The second-order valence-corrected chi connectivity index (χ2v) is 13.5. The van der Waals surface area contributed by atoms with Crippen LogP contribution in [0, 0.1) is 13.8 Å². The average Bonchev–Trinajstić information content (AvgIpc) is 3.50. The van der Waals surface area contributed by atoms with E-state index in [4.69, 9.17) is 27.2 Å². The van der Waals surface area contributed by atoms with Crippen molar-refractivity contribution in [2.45, 2.75) is 82.5 Å². The van der Waals surface area contributed by atoms with Crippen LogP contribution < -0.4 is 10.6 Å². The number of carbonyl (C=O) groups excluding carboxylic acids is 1. The monoisotopic (exact) mass is 606 g/mol. The normalized spacial score (nSPS) is 22.8. The third-order valence-corrected chi connectivity index (χ3v) is 11.4. The predicted octanol–water partition coefficient (Wildman–Crippen LogP) is 4.85. The lowest BCUT2D eigenvalue weighted by molar-refractivity contribution is -0.127. The Morgan fingerprint density at radius 3 is 2.56 bits per heavy atom. The van der Waals surface area contributed by atoms with Gasteiger partial charge in [-0.3, -0.25) is 19.5 Å². The maximum absolute atomic E-state index is 12.3. The van der Waals surface area contributed by atoms with Crippen molar-refractivity contribution in [3.05, 3.63) is 35.0 Å². The second kappa shape index (κ2) is 10.8. The minimum absolute atomic E-state index is 0.00499. The van der Waals surface area contributed by atoms with Crippen LogP contribution in [0.1, 0.15) is 62.2 Å². The lowest BCUT2D eigenvalue weighted by atomic mass is 9.68. The summed E-state index contributed by atoms with van der Waals surface area (Å²) in [7, 11) is 2.28. The van der Waals surface area contributed by atoms with Crippen LogP contribution in [0.2, 0.25) is 5.02 Å². The van der Waals surface area contributed by atoms with Crippen LogP contribution in [0.3, 0.4) is 0 Å². The number of hydrogen-bond acceptors (Lipinski definition) is 7. The molecule has 4 fully saturated rings. The molecule has 0 bridgehead atoms. The Hall–Kier alpha value is -3.08. The molecule has 4 aliphatic rings. The SMILES string of the molecule is C=CC(=O)N1CCC(n2nc(N3CCC(N(C)C4COC4)CC34CCC4)c(-c3c(Cl)c(C)cc4[nH]nc(N)c34)c2C)CC1. The van der Waals surface area contributed by atoms with E-state index in [9.17, 15) is 4.79 Å². The van der Waals surface area contributed by atoms with Gasteiger partial charge in [0, 0.05) is 48.0 Å². The number of rotatable bonds is 6. The fourth-order valence-electron chi connectivity index (χ4n) is 8.02. The van der Waals surface area contributed by atoms with E-state index in [0.29, 0.717) is 36.0 Å². The molecule has 3 aliphatic heterocycles. The molecule has 0 radical (unpaired) electrons. The fourth-order valence-corrected chi connectivity index (χ4v) is 8.26. The predicted molar refractivity (Wildman–Crippen MR) is 171 cm³/mol. The van der Waals surface area contributed by atoms with Crippen LogP contribution in [0.4, 0.5) is 11.6 Å². The number of nitrogens with two attached hydrogens (primary N) is 1. The summed E-state index contributed by atoms with van der Waals surface area (Å²) in [5, 5.41) is 14.5. The third-order valence-electron chi connectivity index (χ3n) is 10.9. The number of aromatic amines is 1. The first-order valence-electron chi connectivity index (χ1n) is 15.7. The van der Waals surface area contributed by atoms with E-state index in [2.05, 4.69) is 45.2 Å². The molecule has 1 amide bonds. The van der Waals surface area contributed by atoms with Crippen LogP contribution in [0.5, 0.6) is 0 Å². The van der Waals surface area contributed by atoms with E-state index in [1.54, 1.807) is 0 Å². The molecule has 11 heteroatoms. The minimum atomic E-state index is -0.00499. The highest BCUT2D eigenvalue weighted by molar-refractivity contribution is 6.36. The van der Waals surface area contributed by atoms with Gasteiger partial charge in [-0.05, 0) is 83.5 Å². The molecular weight excluding hydrogens is 564 g/mol. The number of hydrogen-bond donors (Lipinski definition) is 2. The van der Waals surface area contributed by atoms with Gasteiger partial charge in [0.05, 0.1) is 41.2 Å². The molecule has 1 spiro atoms. The Morgan fingerprint density at radius 1 is 1.19 bits per heavy atom. The smallest absolute Gasteiger partial charge is 0.245 e. The number of aryl methyl sites for hydroxylation is 1. The average molecular weight is 607 g/mol. The molecular formula is C32H43ClN8O2. The molecule has 1 aromatic carbocycles. The molecule has 43 heavy (non-hydrogen) atoms. The zero-order valence-corrected chi connectivity index (χ0v) is 26.3. The summed E-state index contributed by atoms with van der Waals surface area (Å²) < 4.78 is 7.75. The standard InChI is InChI=1S/C32H43ClN8O2/c1-5-25(42)39-12-7-21(8-13-39)41-20(3)26(28-27-24(35-36-30(27)34)15-19(2)29(28)33)31(37-41)40-14-9-22(16-32(40)10-6-11-32)38(4)23-17-43-18-23/h5,15,21-23H,1,6-14,16-18H2,2-4H3,(H3,34,35,36). The number of likely N-dealkylation sites (N-methyl/N-ethyl adjacent to an activating group) is 1. The molecule has 230 valence electrons. The number of ether oxygens (including phenoxy) is 1. The molecule has 5 heterocycles. The van der Waals surface area contributed by atoms with Crippen LogP contribution in [0.25, 0.3) is 22.0 Å². The van der Waals surface area contributed by atoms with Crippen molar-refractivity contribution in [1.82, 2.24) is 29.8 Å². The van der Waals surface area contributed by atoms with Gasteiger partial charge in [0.25, 0.3) is 0 Å². The summed E-state index contributed by atoms with van der Waals surface area (Å²) in [4.78, 5) is 19.4. The van der Waals surface area contributed by atoms with E-state index in [0.717, 1.165) is 97.4 Å². The molecule has 1 unspecified atom stereocenters. The number of piperidine rings is 2. The number of fused-ring (bicyclic) bond motifs is 1. The van der Waals surface area contributed by atoms with Crippen LogP contribution in [0.15, 0.2) is 18.7 Å². The highest BCUT2D eigenvalue weighted by atomic mass is 35.5. The van der Waals surface area contributed by atoms with Gasteiger partial charge >= 0.3 is 0 Å². The number of carbonyl (C=O) groups is 1. The van der Waals surface area contributed by atoms with Gasteiger partial charge in [0.15, 0.2) is 11.6 Å². The zero-order chi connectivity index (χ0) is 30.0. The maximum atomic E-state index is 12.3. The summed E-state index contributed by atoms with van der Waals surface area (Å²) >= 11 is 7.20. The molecule has 3 saturated heterocycles. The van der Waals surface area contributed by atoms with Gasteiger partial charge in [-0.1, -0.05) is 18.2 Å². The zero-order valence-electron chi connectivity index (χ0n) is 25.5. The van der Waals surface area contributed by atoms with Crippen molar-refractivity contribution in [2.75, 3.05) is 50.5 Å². The van der Waals surface area contributed by atoms with E-state index in [1.807, 2.05) is 17.9 Å². The second-order valence-electron chi connectivity index (χ2n) is 13.1. The Morgan fingerprint density at radius 2 is 1.93 bits per heavy atom. The van der Waals surface area contributed by atoms with Gasteiger partial charge in [-0.15, -0.1) is 0 Å². The first kappa shape index (κ1) is 28.7. The number of benzene rings is 1. The maximum Gasteiger partial charge on any atom is 0.245 e. The number of aromatic nitrogens is 4. The Bertz CT molecular complexity index is 1560. The number of H-pyrrole nitrogens is 1. The van der Waals surface area contributed by atoms with Gasteiger partial charge < -0.3 is 20.3 Å². The molecule has 7 rings (SSSR count). The van der Waals surface area contributed by atoms with Crippen LogP contribution in [-0.4, -0.2) is 93.2 Å². The Labute approximate surface area is 258 Å². The third kappa shape index (κ3) is 4.56. The number of anilines is 2. The first-order valence-corrected chi connectivity index (χ1v) is 16.1. The largest absolute Gasteiger partial charge is 0.382 e. The van der Waals surface area contributed by atoms with Crippen molar-refractivity contribution < 1.29 is 9.53 Å². The lowest BCUT2D eigenvalue weighted by Gasteiger charge is -2.57. The van der Waals surface area contributed by atoms with Gasteiger partial charge in [-0.25, -0.2) is 0 Å². The van der Waals surface area contributed by atoms with Gasteiger partial charge in [0.2, 0.25) is 5.91 Å². The van der Waals surface area contributed by atoms with Crippen molar-refractivity contribution in [3.8, 4) is 11.1 Å². The molecule has 1 saturated carbocycles. The number of likely N-dealkylation sites (tertiary alicyclic amines) is 1. The first-order chi connectivity index (χ1) is 20.7. The highest BCUT2D eigenvalue weighted by Crippen LogP contribution is 2.52. The molecule has 10 nitrogen and oxygen atoms in total. The van der Waals surface area contributed by atoms with E-state index >= 15 is 0 Å².